The van der Waals surface area contributed by atoms with Gasteiger partial charge in [-0.3, -0.25) is 0 Å². The third-order valence-corrected chi connectivity index (χ3v) is 2.91. The van der Waals surface area contributed by atoms with Crippen molar-refractivity contribution in [2.75, 3.05) is 6.61 Å². The highest BCUT2D eigenvalue weighted by atomic mass is 16.5. The van der Waals surface area contributed by atoms with E-state index in [4.69, 9.17) is 4.74 Å². The van der Waals surface area contributed by atoms with E-state index in [9.17, 15) is 4.79 Å². The van der Waals surface area contributed by atoms with E-state index in [1.807, 2.05) is 51.2 Å². The molecule has 0 amide bonds. The minimum atomic E-state index is -0.200. The molecule has 0 aromatic heterocycles. The molecule has 0 bridgehead atoms. The smallest absolute Gasteiger partial charge is 0.333 e. The molecular formula is C18H28O2. The van der Waals surface area contributed by atoms with E-state index in [0.717, 1.165) is 19.3 Å². The van der Waals surface area contributed by atoms with Crippen LogP contribution in [-0.2, 0) is 9.53 Å². The van der Waals surface area contributed by atoms with Crippen molar-refractivity contribution in [2.24, 2.45) is 5.92 Å². The fourth-order valence-electron chi connectivity index (χ4n) is 1.66. The maximum atomic E-state index is 11.4. The number of carbonyl (C=O) groups is 1. The lowest BCUT2D eigenvalue weighted by molar-refractivity contribution is -0.138. The number of esters is 1. The van der Waals surface area contributed by atoms with E-state index in [0.29, 0.717) is 18.1 Å². The molecule has 0 unspecified atom stereocenters. The van der Waals surface area contributed by atoms with Crippen molar-refractivity contribution in [1.82, 2.24) is 0 Å². The van der Waals surface area contributed by atoms with E-state index in [1.165, 1.54) is 0 Å². The topological polar surface area (TPSA) is 26.3 Å². The van der Waals surface area contributed by atoms with Crippen molar-refractivity contribution < 1.29 is 9.53 Å². The maximum absolute atomic E-state index is 11.4. The summed E-state index contributed by atoms with van der Waals surface area (Å²) in [5, 5.41) is 0. The molecule has 0 spiro atoms. The van der Waals surface area contributed by atoms with Gasteiger partial charge in [-0.15, -0.1) is 0 Å². The van der Waals surface area contributed by atoms with Gasteiger partial charge in [0.2, 0.25) is 0 Å². The second-order valence-corrected chi connectivity index (χ2v) is 4.86. The summed E-state index contributed by atoms with van der Waals surface area (Å²) in [4.78, 5) is 11.4. The number of hydrogen-bond donors (Lipinski definition) is 0. The number of ether oxygens (including phenoxy) is 1. The van der Waals surface area contributed by atoms with Gasteiger partial charge in [-0.2, -0.15) is 0 Å². The van der Waals surface area contributed by atoms with E-state index >= 15 is 0 Å². The first-order valence-corrected chi connectivity index (χ1v) is 7.40. The quantitative estimate of drug-likeness (QED) is 0.337. The Morgan fingerprint density at radius 2 is 1.90 bits per heavy atom. The van der Waals surface area contributed by atoms with E-state index in [1.54, 1.807) is 0 Å². The third kappa shape index (κ3) is 10.4. The van der Waals surface area contributed by atoms with Crippen molar-refractivity contribution in [3.05, 3.63) is 48.1 Å². The SMILES string of the molecule is C/C=C/C=C/C=C/C[C@H](C)CC/C=C(\C)C(=O)OCC. The third-order valence-electron chi connectivity index (χ3n) is 2.91. The molecule has 1 atom stereocenters. The van der Waals surface area contributed by atoms with Crippen LogP contribution in [0, 0.1) is 5.92 Å². The predicted octanol–water partition coefficient (Wildman–Crippen LogP) is 4.99. The van der Waals surface area contributed by atoms with Crippen molar-refractivity contribution >= 4 is 5.97 Å². The molecule has 0 saturated carbocycles. The van der Waals surface area contributed by atoms with Gasteiger partial charge in [0.05, 0.1) is 6.61 Å². The average Bonchev–Trinajstić information content (AvgIpc) is 2.42. The second kappa shape index (κ2) is 12.5. The Bertz CT molecular complexity index is 373. The predicted molar refractivity (Wildman–Crippen MR) is 86.5 cm³/mol. The van der Waals surface area contributed by atoms with Crippen LogP contribution in [0.3, 0.4) is 0 Å². The van der Waals surface area contributed by atoms with Crippen molar-refractivity contribution in [1.29, 1.82) is 0 Å². The zero-order valence-corrected chi connectivity index (χ0v) is 13.3. The Morgan fingerprint density at radius 3 is 2.55 bits per heavy atom. The molecule has 0 saturated heterocycles. The fraction of sp³-hybridized carbons (Fsp3) is 0.500. The summed E-state index contributed by atoms with van der Waals surface area (Å²) < 4.78 is 4.94. The first-order valence-electron chi connectivity index (χ1n) is 7.40. The van der Waals surface area contributed by atoms with Gasteiger partial charge in [0.1, 0.15) is 0 Å². The van der Waals surface area contributed by atoms with Crippen molar-refractivity contribution in [3.8, 4) is 0 Å². The van der Waals surface area contributed by atoms with Crippen LogP contribution in [0.2, 0.25) is 0 Å². The molecule has 0 N–H and O–H groups in total. The largest absolute Gasteiger partial charge is 0.463 e. The summed E-state index contributed by atoms with van der Waals surface area (Å²) in [6.45, 7) is 8.31. The number of rotatable bonds is 9. The fourth-order valence-corrected chi connectivity index (χ4v) is 1.66. The zero-order chi connectivity index (χ0) is 15.2. The van der Waals surface area contributed by atoms with Gasteiger partial charge < -0.3 is 4.74 Å². The lowest BCUT2D eigenvalue weighted by Gasteiger charge is -2.06. The Labute approximate surface area is 123 Å². The standard InChI is InChI=1S/C18H28O2/c1-5-7-8-9-10-11-13-16(3)14-12-15-17(4)18(19)20-6-2/h5,7-11,15-16H,6,12-14H2,1-4H3/b7-5+,9-8+,11-10+,17-15+/t16-/m0/s1. The van der Waals surface area contributed by atoms with Gasteiger partial charge in [0.25, 0.3) is 0 Å². The van der Waals surface area contributed by atoms with Crippen molar-refractivity contribution in [2.45, 2.75) is 47.0 Å². The Morgan fingerprint density at radius 1 is 1.20 bits per heavy atom. The summed E-state index contributed by atoms with van der Waals surface area (Å²) in [6, 6.07) is 0. The van der Waals surface area contributed by atoms with Crippen LogP contribution in [0.15, 0.2) is 48.1 Å². The molecule has 0 aromatic carbocycles. The number of allylic oxidation sites excluding steroid dienone is 7. The molecule has 112 valence electrons. The molecular weight excluding hydrogens is 248 g/mol. The molecule has 0 aliphatic rings. The van der Waals surface area contributed by atoms with Gasteiger partial charge in [-0.1, -0.05) is 49.5 Å². The van der Waals surface area contributed by atoms with E-state index in [-0.39, 0.29) is 5.97 Å². The molecule has 0 fully saturated rings. The van der Waals surface area contributed by atoms with E-state index in [2.05, 4.69) is 19.1 Å². The number of carbonyl (C=O) groups excluding carboxylic acids is 1. The summed E-state index contributed by atoms with van der Waals surface area (Å²) in [7, 11) is 0. The summed E-state index contributed by atoms with van der Waals surface area (Å²) in [6.07, 6.45) is 17.4. The second-order valence-electron chi connectivity index (χ2n) is 4.86. The van der Waals surface area contributed by atoms with E-state index < -0.39 is 0 Å². The first-order chi connectivity index (χ1) is 9.61. The highest BCUT2D eigenvalue weighted by Crippen LogP contribution is 2.12. The molecule has 0 rings (SSSR count). The van der Waals surface area contributed by atoms with Gasteiger partial charge in [0.15, 0.2) is 0 Å². The highest BCUT2D eigenvalue weighted by Gasteiger charge is 2.04. The Balaban J connectivity index is 3.90. The summed E-state index contributed by atoms with van der Waals surface area (Å²) >= 11 is 0. The zero-order valence-electron chi connectivity index (χ0n) is 13.3. The van der Waals surface area contributed by atoms with Crippen LogP contribution in [-0.4, -0.2) is 12.6 Å². The maximum Gasteiger partial charge on any atom is 0.333 e. The Hall–Kier alpha value is -1.57. The monoisotopic (exact) mass is 276 g/mol. The lowest BCUT2D eigenvalue weighted by atomic mass is 10.0. The first kappa shape index (κ1) is 18.4. The minimum absolute atomic E-state index is 0.200. The van der Waals surface area contributed by atoms with Gasteiger partial charge in [-0.05, 0) is 46.0 Å². The van der Waals surface area contributed by atoms with Crippen LogP contribution in [0.1, 0.15) is 47.0 Å². The van der Waals surface area contributed by atoms with Gasteiger partial charge in [0, 0.05) is 5.57 Å². The van der Waals surface area contributed by atoms with Crippen LogP contribution in [0.4, 0.5) is 0 Å². The molecule has 0 radical (unpaired) electrons. The van der Waals surface area contributed by atoms with Crippen LogP contribution >= 0.6 is 0 Å². The Kier molecular flexibility index (Phi) is 11.5. The summed E-state index contributed by atoms with van der Waals surface area (Å²) in [5.74, 6) is 0.418. The molecule has 2 heteroatoms. The van der Waals surface area contributed by atoms with Crippen LogP contribution in [0.25, 0.3) is 0 Å². The molecule has 2 nitrogen and oxygen atoms in total. The molecule has 0 aliphatic heterocycles. The lowest BCUT2D eigenvalue weighted by Crippen LogP contribution is -2.05. The van der Waals surface area contributed by atoms with Gasteiger partial charge in [-0.25, -0.2) is 4.79 Å². The molecule has 0 aliphatic carbocycles. The van der Waals surface area contributed by atoms with Gasteiger partial charge >= 0.3 is 5.97 Å². The molecule has 0 aromatic rings. The van der Waals surface area contributed by atoms with Crippen LogP contribution < -0.4 is 0 Å². The molecule has 20 heavy (non-hydrogen) atoms. The summed E-state index contributed by atoms with van der Waals surface area (Å²) in [5.41, 5.74) is 0.712. The molecule has 0 heterocycles. The highest BCUT2D eigenvalue weighted by molar-refractivity contribution is 5.87. The number of hydrogen-bond acceptors (Lipinski definition) is 2. The minimum Gasteiger partial charge on any atom is -0.463 e. The van der Waals surface area contributed by atoms with Crippen molar-refractivity contribution in [3.63, 3.8) is 0 Å². The normalized spacial score (nSPS) is 14.5. The average molecular weight is 276 g/mol. The van der Waals surface area contributed by atoms with Crippen LogP contribution in [0.5, 0.6) is 0 Å².